The standard InChI is InChI=1S/C16H15BrFNO3/c1-21-12-3-5-13(6-4-12)22-9-8-19-16(20)14-7-2-11(18)10-15(14)17/h2-7,10H,8-9H2,1H3,(H,19,20). The summed E-state index contributed by atoms with van der Waals surface area (Å²) >= 11 is 3.16. The molecule has 0 aliphatic heterocycles. The van der Waals surface area contributed by atoms with Gasteiger partial charge in [0.25, 0.3) is 5.91 Å². The first-order valence-corrected chi connectivity index (χ1v) is 7.39. The molecule has 6 heteroatoms. The summed E-state index contributed by atoms with van der Waals surface area (Å²) in [6.45, 7) is 0.672. The number of methoxy groups -OCH3 is 1. The quantitative estimate of drug-likeness (QED) is 0.795. The van der Waals surface area contributed by atoms with Gasteiger partial charge in [0.05, 0.1) is 19.2 Å². The number of rotatable bonds is 6. The minimum absolute atomic E-state index is 0.287. The lowest BCUT2D eigenvalue weighted by atomic mass is 10.2. The Balaban J connectivity index is 1.79. The van der Waals surface area contributed by atoms with Gasteiger partial charge in [0.1, 0.15) is 23.9 Å². The van der Waals surface area contributed by atoms with Gasteiger partial charge in [-0.15, -0.1) is 0 Å². The van der Waals surface area contributed by atoms with E-state index in [0.29, 0.717) is 28.9 Å². The Morgan fingerprint density at radius 3 is 2.50 bits per heavy atom. The summed E-state index contributed by atoms with van der Waals surface area (Å²) in [6, 6.07) is 11.1. The van der Waals surface area contributed by atoms with E-state index in [0.717, 1.165) is 5.75 Å². The lowest BCUT2D eigenvalue weighted by Gasteiger charge is -2.09. The molecule has 0 aromatic heterocycles. The predicted molar refractivity (Wildman–Crippen MR) is 84.9 cm³/mol. The van der Waals surface area contributed by atoms with Gasteiger partial charge >= 0.3 is 0 Å². The highest BCUT2D eigenvalue weighted by Gasteiger charge is 2.10. The van der Waals surface area contributed by atoms with E-state index in [1.165, 1.54) is 18.2 Å². The number of hydrogen-bond acceptors (Lipinski definition) is 3. The summed E-state index contributed by atoms with van der Waals surface area (Å²) in [7, 11) is 1.60. The fourth-order valence-corrected chi connectivity index (χ4v) is 2.31. The maximum Gasteiger partial charge on any atom is 0.252 e. The van der Waals surface area contributed by atoms with E-state index in [1.54, 1.807) is 31.4 Å². The largest absolute Gasteiger partial charge is 0.497 e. The number of carbonyl (C=O) groups is 1. The predicted octanol–water partition coefficient (Wildman–Crippen LogP) is 3.41. The molecule has 22 heavy (non-hydrogen) atoms. The first-order valence-electron chi connectivity index (χ1n) is 6.60. The van der Waals surface area contributed by atoms with Crippen LogP contribution in [0.1, 0.15) is 10.4 Å². The van der Waals surface area contributed by atoms with Gasteiger partial charge in [-0.25, -0.2) is 4.39 Å². The zero-order valence-corrected chi connectivity index (χ0v) is 13.5. The molecule has 0 radical (unpaired) electrons. The molecule has 0 unspecified atom stereocenters. The molecule has 2 aromatic carbocycles. The van der Waals surface area contributed by atoms with Crippen molar-refractivity contribution >= 4 is 21.8 Å². The third-order valence-electron chi connectivity index (χ3n) is 2.89. The molecule has 1 amide bonds. The molecule has 0 saturated heterocycles. The number of carbonyl (C=O) groups excluding carboxylic acids is 1. The molecule has 2 rings (SSSR count). The lowest BCUT2D eigenvalue weighted by molar-refractivity contribution is 0.0946. The third-order valence-corrected chi connectivity index (χ3v) is 3.55. The van der Waals surface area contributed by atoms with Crippen molar-refractivity contribution < 1.29 is 18.7 Å². The van der Waals surface area contributed by atoms with E-state index in [9.17, 15) is 9.18 Å². The average molecular weight is 368 g/mol. The molecule has 0 aliphatic carbocycles. The van der Waals surface area contributed by atoms with Crippen molar-refractivity contribution in [2.45, 2.75) is 0 Å². The molecule has 4 nitrogen and oxygen atoms in total. The maximum absolute atomic E-state index is 13.0. The van der Waals surface area contributed by atoms with Gasteiger partial charge in [-0.05, 0) is 58.4 Å². The monoisotopic (exact) mass is 367 g/mol. The number of halogens is 2. The second-order valence-corrected chi connectivity index (χ2v) is 5.26. The second-order valence-electron chi connectivity index (χ2n) is 4.40. The molecule has 116 valence electrons. The van der Waals surface area contributed by atoms with Gasteiger partial charge in [0.15, 0.2) is 0 Å². The fraction of sp³-hybridized carbons (Fsp3) is 0.188. The van der Waals surface area contributed by atoms with Crippen molar-refractivity contribution in [3.63, 3.8) is 0 Å². The fourth-order valence-electron chi connectivity index (χ4n) is 1.77. The van der Waals surface area contributed by atoms with Gasteiger partial charge in [-0.2, -0.15) is 0 Å². The zero-order chi connectivity index (χ0) is 15.9. The molecule has 0 saturated carbocycles. The molecule has 0 heterocycles. The van der Waals surface area contributed by atoms with E-state index in [1.807, 2.05) is 0 Å². The van der Waals surface area contributed by atoms with E-state index in [4.69, 9.17) is 9.47 Å². The summed E-state index contributed by atoms with van der Waals surface area (Å²) in [5.41, 5.74) is 0.380. The summed E-state index contributed by atoms with van der Waals surface area (Å²) in [4.78, 5) is 11.9. The van der Waals surface area contributed by atoms with E-state index >= 15 is 0 Å². The van der Waals surface area contributed by atoms with E-state index < -0.39 is 5.82 Å². The Hall–Kier alpha value is -2.08. The highest BCUT2D eigenvalue weighted by atomic mass is 79.9. The van der Waals surface area contributed by atoms with Crippen LogP contribution in [0.15, 0.2) is 46.9 Å². The Morgan fingerprint density at radius 2 is 1.86 bits per heavy atom. The van der Waals surface area contributed by atoms with Crippen LogP contribution >= 0.6 is 15.9 Å². The Bertz CT molecular complexity index is 646. The average Bonchev–Trinajstić information content (AvgIpc) is 2.52. The normalized spacial score (nSPS) is 10.1. The van der Waals surface area contributed by atoms with Gasteiger partial charge in [-0.3, -0.25) is 4.79 Å². The van der Waals surface area contributed by atoms with Crippen LogP contribution in [-0.2, 0) is 0 Å². The Kier molecular flexibility index (Phi) is 5.77. The highest BCUT2D eigenvalue weighted by Crippen LogP contribution is 2.18. The topological polar surface area (TPSA) is 47.6 Å². The van der Waals surface area contributed by atoms with Crippen LogP contribution in [0.3, 0.4) is 0 Å². The van der Waals surface area contributed by atoms with Gasteiger partial charge in [0.2, 0.25) is 0 Å². The maximum atomic E-state index is 13.0. The number of ether oxygens (including phenoxy) is 2. The van der Waals surface area contributed by atoms with Crippen LogP contribution < -0.4 is 14.8 Å². The van der Waals surface area contributed by atoms with E-state index in [-0.39, 0.29) is 5.91 Å². The number of nitrogens with one attached hydrogen (secondary N) is 1. The van der Waals surface area contributed by atoms with Crippen LogP contribution in [-0.4, -0.2) is 26.2 Å². The van der Waals surface area contributed by atoms with Crippen molar-refractivity contribution in [2.75, 3.05) is 20.3 Å². The first-order chi connectivity index (χ1) is 10.6. The first kappa shape index (κ1) is 16.3. The van der Waals surface area contributed by atoms with E-state index in [2.05, 4.69) is 21.2 Å². The van der Waals surface area contributed by atoms with Gasteiger partial charge in [0, 0.05) is 4.47 Å². The minimum atomic E-state index is -0.397. The lowest BCUT2D eigenvalue weighted by Crippen LogP contribution is -2.28. The van der Waals surface area contributed by atoms with Crippen LogP contribution in [0, 0.1) is 5.82 Å². The van der Waals surface area contributed by atoms with Crippen molar-refractivity contribution in [3.8, 4) is 11.5 Å². The van der Waals surface area contributed by atoms with Crippen molar-refractivity contribution in [3.05, 3.63) is 58.3 Å². The van der Waals surface area contributed by atoms with Gasteiger partial charge < -0.3 is 14.8 Å². The van der Waals surface area contributed by atoms with Crippen LogP contribution in [0.25, 0.3) is 0 Å². The minimum Gasteiger partial charge on any atom is -0.497 e. The Morgan fingerprint density at radius 1 is 1.18 bits per heavy atom. The van der Waals surface area contributed by atoms with Gasteiger partial charge in [-0.1, -0.05) is 0 Å². The molecule has 0 aliphatic rings. The number of benzene rings is 2. The molecule has 0 bridgehead atoms. The van der Waals surface area contributed by atoms with Crippen molar-refractivity contribution in [2.24, 2.45) is 0 Å². The third kappa shape index (κ3) is 4.46. The highest BCUT2D eigenvalue weighted by molar-refractivity contribution is 9.10. The molecule has 2 aromatic rings. The van der Waals surface area contributed by atoms with Crippen LogP contribution in [0.4, 0.5) is 4.39 Å². The van der Waals surface area contributed by atoms with Crippen LogP contribution in [0.2, 0.25) is 0 Å². The molecule has 0 fully saturated rings. The summed E-state index contributed by atoms with van der Waals surface area (Å²) in [5.74, 6) is 0.760. The molecule has 1 N–H and O–H groups in total. The summed E-state index contributed by atoms with van der Waals surface area (Å²) < 4.78 is 23.9. The zero-order valence-electron chi connectivity index (χ0n) is 11.9. The molecular formula is C16H15BrFNO3. The summed E-state index contributed by atoms with van der Waals surface area (Å²) in [6.07, 6.45) is 0. The number of hydrogen-bond donors (Lipinski definition) is 1. The Labute approximate surface area is 136 Å². The summed E-state index contributed by atoms with van der Waals surface area (Å²) in [5, 5.41) is 2.71. The molecular weight excluding hydrogens is 353 g/mol. The number of amides is 1. The smallest absolute Gasteiger partial charge is 0.252 e. The molecule has 0 spiro atoms. The SMILES string of the molecule is COc1ccc(OCCNC(=O)c2ccc(F)cc2Br)cc1. The second kappa shape index (κ2) is 7.79. The molecule has 0 atom stereocenters. The van der Waals surface area contributed by atoms with Crippen LogP contribution in [0.5, 0.6) is 11.5 Å². The van der Waals surface area contributed by atoms with Crippen molar-refractivity contribution in [1.82, 2.24) is 5.32 Å². The van der Waals surface area contributed by atoms with Crippen molar-refractivity contribution in [1.29, 1.82) is 0 Å².